The molecule has 1 aromatic carbocycles. The molecule has 22 heavy (non-hydrogen) atoms. The molecule has 0 aliphatic rings. The van der Waals surface area contributed by atoms with Crippen molar-refractivity contribution in [2.24, 2.45) is 5.16 Å². The van der Waals surface area contributed by atoms with Crippen LogP contribution in [0.1, 0.15) is 18.9 Å². The minimum absolute atomic E-state index is 0.274. The molecule has 1 rings (SSSR count). The number of halogens is 1. The minimum atomic E-state index is -4.48. The lowest BCUT2D eigenvalue weighted by molar-refractivity contribution is -1.91. The van der Waals surface area contributed by atoms with E-state index >= 15 is 0 Å². The fraction of sp³-hybridized carbons (Fsp3) is 0.385. The van der Waals surface area contributed by atoms with Gasteiger partial charge in [0.25, 0.3) is 0 Å². The van der Waals surface area contributed by atoms with Crippen molar-refractivity contribution in [2.75, 3.05) is 18.3 Å². The molecule has 0 radical (unpaired) electrons. The number of nitrogens with zero attached hydrogens (tertiary/aromatic N) is 1. The van der Waals surface area contributed by atoms with Gasteiger partial charge in [0, 0.05) is 41.9 Å². The third-order valence-corrected chi connectivity index (χ3v) is 5.64. The molecule has 0 N–H and O–H groups in total. The number of rotatable bonds is 7. The summed E-state index contributed by atoms with van der Waals surface area (Å²) < 4.78 is 36.6. The predicted molar refractivity (Wildman–Crippen MR) is 74.8 cm³/mol. The smallest absolute Gasteiger partial charge is 0.318 e. The third-order valence-electron chi connectivity index (χ3n) is 2.47. The summed E-state index contributed by atoms with van der Waals surface area (Å²) >= 11 is 0. The molecule has 0 fully saturated rings. The highest BCUT2D eigenvalue weighted by Gasteiger charge is 2.32. The Morgan fingerprint density at radius 3 is 2.32 bits per heavy atom. The predicted octanol–water partition coefficient (Wildman–Crippen LogP) is -0.763. The van der Waals surface area contributed by atoms with Gasteiger partial charge in [-0.05, 0) is 5.56 Å². The summed E-state index contributed by atoms with van der Waals surface area (Å²) in [7, 11) is -6.59. The lowest BCUT2D eigenvalue weighted by atomic mass is 10.1. The maximum atomic E-state index is 10.9. The zero-order valence-electron chi connectivity index (χ0n) is 12.5. The molecule has 0 heterocycles. The van der Waals surface area contributed by atoms with Crippen LogP contribution in [-0.4, -0.2) is 29.9 Å². The van der Waals surface area contributed by atoms with Crippen LogP contribution in [0.5, 0.6) is 0 Å². The first-order valence-electron chi connectivity index (χ1n) is 6.22. The summed E-state index contributed by atoms with van der Waals surface area (Å²) in [5, 5.41) is 3.79. The van der Waals surface area contributed by atoms with Gasteiger partial charge in [-0.1, -0.05) is 35.5 Å². The zero-order valence-corrected chi connectivity index (χ0v) is 14.1. The molecular formula is C13H18ClNO6S. The third kappa shape index (κ3) is 7.74. The van der Waals surface area contributed by atoms with Gasteiger partial charge in [0.15, 0.2) is 0 Å². The first kappa shape index (κ1) is 18.9. The normalized spacial score (nSPS) is 13.8. The van der Waals surface area contributed by atoms with E-state index in [4.69, 9.17) is 0 Å². The molecule has 0 aliphatic heterocycles. The van der Waals surface area contributed by atoms with Crippen LogP contribution in [0.4, 0.5) is 0 Å². The van der Waals surface area contributed by atoms with Crippen LogP contribution in [0.2, 0.25) is 0 Å². The van der Waals surface area contributed by atoms with Gasteiger partial charge in [0.2, 0.25) is 0 Å². The number of hydrogen-bond donors (Lipinski definition) is 0. The lowest BCUT2D eigenvalue weighted by Crippen LogP contribution is -2.61. The monoisotopic (exact) mass is 351 g/mol. The molecule has 0 aromatic heterocycles. The van der Waals surface area contributed by atoms with Gasteiger partial charge in [-0.25, -0.2) is 4.79 Å². The van der Waals surface area contributed by atoms with Crippen LogP contribution in [0.15, 0.2) is 35.5 Å². The standard InChI is InChI=1S/C13H18ClNO6S/c1-11(16)20-15-13(12-7-5-4-6-8-12)9-10-22(2,3)21-14(17,18)19/h4-8H,9-10H2,1-3H3. The summed E-state index contributed by atoms with van der Waals surface area (Å²) in [4.78, 5) is 15.6. The molecule has 0 bridgehead atoms. The first-order chi connectivity index (χ1) is 10.1. The van der Waals surface area contributed by atoms with Crippen LogP contribution in [-0.2, 0) is 13.4 Å². The van der Waals surface area contributed by atoms with Gasteiger partial charge in [0.1, 0.15) is 3.74 Å². The highest BCUT2D eigenvalue weighted by atomic mass is 35.7. The summed E-state index contributed by atoms with van der Waals surface area (Å²) in [6.07, 6.45) is 3.42. The molecule has 0 spiro atoms. The number of carbonyl (C=O) groups is 1. The molecular weight excluding hydrogens is 334 g/mol. The van der Waals surface area contributed by atoms with Crippen LogP contribution >= 0.6 is 10.3 Å². The van der Waals surface area contributed by atoms with Crippen molar-refractivity contribution in [1.82, 2.24) is 0 Å². The van der Waals surface area contributed by atoms with Crippen LogP contribution in [0.25, 0.3) is 0 Å². The minimum Gasteiger partial charge on any atom is -0.318 e. The van der Waals surface area contributed by atoms with Crippen molar-refractivity contribution in [2.45, 2.75) is 13.3 Å². The molecule has 7 nitrogen and oxygen atoms in total. The Balaban J connectivity index is 2.82. The average Bonchev–Trinajstić information content (AvgIpc) is 2.36. The van der Waals surface area contributed by atoms with Crippen LogP contribution in [0.3, 0.4) is 0 Å². The lowest BCUT2D eigenvalue weighted by Gasteiger charge is -2.26. The van der Waals surface area contributed by atoms with Crippen molar-refractivity contribution in [1.29, 1.82) is 0 Å². The molecule has 1 aromatic rings. The van der Waals surface area contributed by atoms with Crippen molar-refractivity contribution < 1.29 is 37.6 Å². The molecule has 0 saturated carbocycles. The molecule has 124 valence electrons. The van der Waals surface area contributed by atoms with Gasteiger partial charge < -0.3 is 4.84 Å². The topological polar surface area (TPSA) is 117 Å². The molecule has 9 heteroatoms. The van der Waals surface area contributed by atoms with Crippen LogP contribution in [0, 0.1) is 10.2 Å². The Bertz CT molecular complexity index is 529. The van der Waals surface area contributed by atoms with E-state index in [1.54, 1.807) is 36.8 Å². The Hall–Kier alpha value is -1.16. The fourth-order valence-corrected chi connectivity index (χ4v) is 4.18. The summed E-state index contributed by atoms with van der Waals surface area (Å²) in [6.45, 7) is 1.23. The van der Waals surface area contributed by atoms with E-state index in [0.717, 1.165) is 5.56 Å². The molecule has 0 unspecified atom stereocenters. The first-order valence-corrected chi connectivity index (χ1v) is 10.00. The number of hydrogen-bond acceptors (Lipinski definition) is 7. The SMILES string of the molecule is CC(=O)ON=C(CCS(C)(C)O[Cl+3]([O-])([O-])[O-])c1ccccc1. The summed E-state index contributed by atoms with van der Waals surface area (Å²) in [6, 6.07) is 9.00. The maximum Gasteiger partial charge on any atom is 0.331 e. The zero-order chi connectivity index (χ0) is 16.8. The van der Waals surface area contributed by atoms with Crippen molar-refractivity contribution in [3.05, 3.63) is 35.9 Å². The van der Waals surface area contributed by atoms with Gasteiger partial charge in [0.05, 0.1) is 16.0 Å². The highest BCUT2D eigenvalue weighted by Crippen LogP contribution is 2.43. The van der Waals surface area contributed by atoms with E-state index in [-0.39, 0.29) is 5.75 Å². The molecule has 0 saturated heterocycles. The molecule has 0 amide bonds. The van der Waals surface area contributed by atoms with Crippen molar-refractivity contribution >= 4 is 22.0 Å². The molecule has 0 aliphatic carbocycles. The quantitative estimate of drug-likeness (QED) is 0.362. The van der Waals surface area contributed by atoms with E-state index in [1.807, 2.05) is 6.07 Å². The van der Waals surface area contributed by atoms with Gasteiger partial charge in [-0.2, -0.15) is 14.0 Å². The van der Waals surface area contributed by atoms with E-state index < -0.39 is 26.5 Å². The van der Waals surface area contributed by atoms with E-state index in [0.29, 0.717) is 12.1 Å². The second-order valence-electron chi connectivity index (χ2n) is 4.82. The van der Waals surface area contributed by atoms with Gasteiger partial charge in [-0.3, -0.25) is 0 Å². The average molecular weight is 352 g/mol. The summed E-state index contributed by atoms with van der Waals surface area (Å²) in [5.74, 6) is -0.284. The van der Waals surface area contributed by atoms with Gasteiger partial charge in [-0.15, -0.1) is 0 Å². The second-order valence-corrected chi connectivity index (χ2v) is 9.36. The Kier molecular flexibility index (Phi) is 6.79. The van der Waals surface area contributed by atoms with E-state index in [2.05, 4.69) is 13.7 Å². The fourth-order valence-electron chi connectivity index (χ4n) is 1.58. The summed E-state index contributed by atoms with van der Waals surface area (Å²) in [5.41, 5.74) is 1.21. The highest BCUT2D eigenvalue weighted by molar-refractivity contribution is 8.28. The largest absolute Gasteiger partial charge is 0.331 e. The Morgan fingerprint density at radius 1 is 1.23 bits per heavy atom. The van der Waals surface area contributed by atoms with Gasteiger partial charge >= 0.3 is 5.97 Å². The number of benzene rings is 1. The number of carbonyl (C=O) groups excluding carboxylic acids is 1. The van der Waals surface area contributed by atoms with E-state index in [1.165, 1.54) is 6.92 Å². The van der Waals surface area contributed by atoms with E-state index in [9.17, 15) is 18.8 Å². The second kappa shape index (κ2) is 7.91. The van der Waals surface area contributed by atoms with Crippen molar-refractivity contribution in [3.8, 4) is 0 Å². The Morgan fingerprint density at radius 2 is 1.82 bits per heavy atom. The molecule has 0 atom stereocenters. The maximum absolute atomic E-state index is 10.9. The number of oxime groups is 1. The van der Waals surface area contributed by atoms with Crippen LogP contribution < -0.4 is 14.0 Å². The van der Waals surface area contributed by atoms with Crippen molar-refractivity contribution in [3.63, 3.8) is 0 Å². The Labute approximate surface area is 132 Å².